The topological polar surface area (TPSA) is 17.1 Å². The zero-order chi connectivity index (χ0) is 10.2. The number of quaternary nitrogens is 1. The van der Waals surface area contributed by atoms with Crippen molar-refractivity contribution in [3.63, 3.8) is 0 Å². The van der Waals surface area contributed by atoms with Crippen LogP contribution < -0.4 is 0 Å². The van der Waals surface area contributed by atoms with Crippen LogP contribution in [0.3, 0.4) is 0 Å². The van der Waals surface area contributed by atoms with Crippen molar-refractivity contribution in [2.45, 2.75) is 25.7 Å². The van der Waals surface area contributed by atoms with E-state index in [1.807, 2.05) is 6.08 Å². The fraction of sp³-hybridized carbons (Fsp3) is 0.727. The molecule has 0 fully saturated rings. The van der Waals surface area contributed by atoms with Crippen LogP contribution in [0.1, 0.15) is 25.7 Å². The Kier molecular flexibility index (Phi) is 6.51. The van der Waals surface area contributed by atoms with Gasteiger partial charge in [-0.1, -0.05) is 6.58 Å². The molecule has 0 aliphatic rings. The van der Waals surface area contributed by atoms with Crippen molar-refractivity contribution in [3.05, 3.63) is 12.7 Å². The predicted molar refractivity (Wildman–Crippen MR) is 56.6 cm³/mol. The van der Waals surface area contributed by atoms with Crippen molar-refractivity contribution >= 4 is 6.29 Å². The van der Waals surface area contributed by atoms with Gasteiger partial charge in [-0.3, -0.25) is 0 Å². The van der Waals surface area contributed by atoms with E-state index in [0.717, 1.165) is 36.6 Å². The lowest BCUT2D eigenvalue weighted by atomic mass is 10.2. The van der Waals surface area contributed by atoms with Crippen LogP contribution in [-0.2, 0) is 4.79 Å². The SMILES string of the molecule is C=CC[N+](C)(C)CCCCCC=O. The summed E-state index contributed by atoms with van der Waals surface area (Å²) in [4.78, 5) is 10.1. The van der Waals surface area contributed by atoms with Crippen LogP contribution in [0.4, 0.5) is 0 Å². The van der Waals surface area contributed by atoms with Gasteiger partial charge in [0.1, 0.15) is 6.29 Å². The zero-order valence-electron chi connectivity index (χ0n) is 8.96. The Labute approximate surface area is 81.8 Å². The zero-order valence-corrected chi connectivity index (χ0v) is 8.96. The van der Waals surface area contributed by atoms with E-state index in [-0.39, 0.29) is 0 Å². The summed E-state index contributed by atoms with van der Waals surface area (Å²) in [6.07, 6.45) is 7.09. The van der Waals surface area contributed by atoms with Gasteiger partial charge in [-0.15, -0.1) is 0 Å². The third-order valence-corrected chi connectivity index (χ3v) is 2.21. The van der Waals surface area contributed by atoms with Crippen LogP contribution in [-0.4, -0.2) is 38.0 Å². The molecule has 76 valence electrons. The van der Waals surface area contributed by atoms with E-state index in [4.69, 9.17) is 0 Å². The molecule has 0 unspecified atom stereocenters. The molecular formula is C11H22NO+. The molecule has 0 radical (unpaired) electrons. The number of carbonyl (C=O) groups excluding carboxylic acids is 1. The second kappa shape index (κ2) is 6.84. The van der Waals surface area contributed by atoms with Crippen LogP contribution in [0.15, 0.2) is 12.7 Å². The summed E-state index contributed by atoms with van der Waals surface area (Å²) in [5, 5.41) is 0. The Balaban J connectivity index is 3.39. The number of hydrogen-bond acceptors (Lipinski definition) is 1. The number of unbranched alkanes of at least 4 members (excludes halogenated alkanes) is 3. The van der Waals surface area contributed by atoms with Crippen molar-refractivity contribution in [2.75, 3.05) is 27.2 Å². The number of carbonyl (C=O) groups is 1. The van der Waals surface area contributed by atoms with Crippen LogP contribution in [0.2, 0.25) is 0 Å². The molecule has 0 saturated heterocycles. The first-order valence-corrected chi connectivity index (χ1v) is 4.99. The summed E-state index contributed by atoms with van der Waals surface area (Å²) in [6, 6.07) is 0. The lowest BCUT2D eigenvalue weighted by molar-refractivity contribution is -0.884. The first-order valence-electron chi connectivity index (χ1n) is 4.99. The minimum absolute atomic E-state index is 0.717. The molecule has 0 aromatic rings. The maximum absolute atomic E-state index is 10.1. The van der Waals surface area contributed by atoms with E-state index in [1.165, 1.54) is 13.0 Å². The minimum atomic E-state index is 0.717. The third kappa shape index (κ3) is 7.72. The Hall–Kier alpha value is -0.630. The number of nitrogens with zero attached hydrogens (tertiary/aromatic N) is 1. The molecule has 0 rings (SSSR count). The standard InChI is InChI=1S/C11H22NO/c1-4-9-12(2,3)10-7-5-6-8-11-13/h4,11H,1,5-10H2,2-3H3/q+1. The molecule has 0 aromatic carbocycles. The monoisotopic (exact) mass is 184 g/mol. The number of aldehydes is 1. The molecule has 2 heteroatoms. The van der Waals surface area contributed by atoms with Gasteiger partial charge in [0.25, 0.3) is 0 Å². The van der Waals surface area contributed by atoms with Gasteiger partial charge >= 0.3 is 0 Å². The van der Waals surface area contributed by atoms with Crippen molar-refractivity contribution < 1.29 is 9.28 Å². The molecule has 0 aliphatic carbocycles. The molecule has 0 aromatic heterocycles. The highest BCUT2D eigenvalue weighted by Crippen LogP contribution is 2.04. The molecule has 0 saturated carbocycles. The Morgan fingerprint density at radius 3 is 2.46 bits per heavy atom. The number of hydrogen-bond donors (Lipinski definition) is 0. The van der Waals surface area contributed by atoms with Gasteiger partial charge in [-0.2, -0.15) is 0 Å². The van der Waals surface area contributed by atoms with Gasteiger partial charge in [-0.05, 0) is 25.3 Å². The average Bonchev–Trinajstić information content (AvgIpc) is 2.04. The van der Waals surface area contributed by atoms with Gasteiger partial charge in [-0.25, -0.2) is 0 Å². The van der Waals surface area contributed by atoms with Crippen molar-refractivity contribution in [2.24, 2.45) is 0 Å². The van der Waals surface area contributed by atoms with Gasteiger partial charge in [0.05, 0.1) is 27.2 Å². The lowest BCUT2D eigenvalue weighted by Crippen LogP contribution is -2.40. The summed E-state index contributed by atoms with van der Waals surface area (Å²) in [7, 11) is 4.42. The summed E-state index contributed by atoms with van der Waals surface area (Å²) in [6.45, 7) is 5.93. The molecule has 0 aliphatic heterocycles. The predicted octanol–water partition coefficient (Wildman–Crippen LogP) is 2.01. The fourth-order valence-electron chi connectivity index (χ4n) is 1.39. The Morgan fingerprint density at radius 1 is 1.23 bits per heavy atom. The van der Waals surface area contributed by atoms with Gasteiger partial charge in [0, 0.05) is 6.42 Å². The number of rotatable bonds is 8. The minimum Gasteiger partial charge on any atom is -0.325 e. The van der Waals surface area contributed by atoms with E-state index in [2.05, 4.69) is 20.7 Å². The third-order valence-electron chi connectivity index (χ3n) is 2.21. The van der Waals surface area contributed by atoms with Gasteiger partial charge < -0.3 is 9.28 Å². The highest BCUT2D eigenvalue weighted by Gasteiger charge is 2.10. The van der Waals surface area contributed by atoms with Crippen LogP contribution >= 0.6 is 0 Å². The van der Waals surface area contributed by atoms with E-state index in [1.54, 1.807) is 0 Å². The summed E-state index contributed by atoms with van der Waals surface area (Å²) >= 11 is 0. The van der Waals surface area contributed by atoms with Crippen LogP contribution in [0.5, 0.6) is 0 Å². The first-order chi connectivity index (χ1) is 6.12. The van der Waals surface area contributed by atoms with E-state index >= 15 is 0 Å². The molecule has 0 N–H and O–H groups in total. The molecular weight excluding hydrogens is 162 g/mol. The number of likely N-dealkylation sites (N-methyl/N-ethyl adjacent to an activating group) is 1. The normalized spacial score (nSPS) is 11.2. The van der Waals surface area contributed by atoms with Crippen LogP contribution in [0, 0.1) is 0 Å². The van der Waals surface area contributed by atoms with Crippen molar-refractivity contribution in [3.8, 4) is 0 Å². The maximum atomic E-state index is 10.1. The first kappa shape index (κ1) is 12.4. The molecule has 13 heavy (non-hydrogen) atoms. The molecule has 0 amide bonds. The largest absolute Gasteiger partial charge is 0.325 e. The summed E-state index contributed by atoms with van der Waals surface area (Å²) < 4.78 is 1.00. The van der Waals surface area contributed by atoms with Crippen molar-refractivity contribution in [1.29, 1.82) is 0 Å². The smallest absolute Gasteiger partial charge is 0.119 e. The highest BCUT2D eigenvalue weighted by atomic mass is 16.1. The second-order valence-corrected chi connectivity index (χ2v) is 4.15. The lowest BCUT2D eigenvalue weighted by Gasteiger charge is -2.28. The maximum Gasteiger partial charge on any atom is 0.119 e. The molecule has 0 atom stereocenters. The fourth-order valence-corrected chi connectivity index (χ4v) is 1.39. The molecule has 0 spiro atoms. The summed E-state index contributed by atoms with van der Waals surface area (Å²) in [5.74, 6) is 0. The summed E-state index contributed by atoms with van der Waals surface area (Å²) in [5.41, 5.74) is 0. The van der Waals surface area contributed by atoms with E-state index in [0.29, 0.717) is 0 Å². The average molecular weight is 184 g/mol. The molecule has 0 heterocycles. The Morgan fingerprint density at radius 2 is 1.92 bits per heavy atom. The van der Waals surface area contributed by atoms with Gasteiger partial charge in [0.2, 0.25) is 0 Å². The molecule has 2 nitrogen and oxygen atoms in total. The Bertz CT molecular complexity index is 152. The van der Waals surface area contributed by atoms with E-state index in [9.17, 15) is 4.79 Å². The van der Waals surface area contributed by atoms with E-state index < -0.39 is 0 Å². The van der Waals surface area contributed by atoms with Gasteiger partial charge in [0.15, 0.2) is 0 Å². The molecule has 0 bridgehead atoms. The van der Waals surface area contributed by atoms with Crippen LogP contribution in [0.25, 0.3) is 0 Å². The van der Waals surface area contributed by atoms with Crippen molar-refractivity contribution in [1.82, 2.24) is 0 Å². The second-order valence-electron chi connectivity index (χ2n) is 4.15. The quantitative estimate of drug-likeness (QED) is 0.244. The highest BCUT2D eigenvalue weighted by molar-refractivity contribution is 5.48.